The molecule has 1 fully saturated rings. The average molecular weight is 139 g/mol. The molecule has 0 spiro atoms. The lowest BCUT2D eigenvalue weighted by Gasteiger charge is -2.31. The number of hydrogen-bond donors (Lipinski definition) is 0. The Morgan fingerprint density at radius 1 is 1.60 bits per heavy atom. The summed E-state index contributed by atoms with van der Waals surface area (Å²) in [6, 6.07) is 0.784. The van der Waals surface area contributed by atoms with E-state index in [2.05, 4.69) is 18.5 Å². The molecule has 0 amide bonds. The van der Waals surface area contributed by atoms with Crippen LogP contribution in [0.15, 0.2) is 12.7 Å². The SMILES string of the molecule is C=CCC1CCCCN1C. The highest BCUT2D eigenvalue weighted by molar-refractivity contribution is 4.81. The Hall–Kier alpha value is -0.300. The third-order valence-electron chi connectivity index (χ3n) is 2.36. The maximum Gasteiger partial charge on any atom is 0.0127 e. The molecular formula is C9H17N. The first-order chi connectivity index (χ1) is 4.84. The zero-order chi connectivity index (χ0) is 7.40. The molecule has 0 aromatic heterocycles. The van der Waals surface area contributed by atoms with E-state index in [1.165, 1.54) is 25.8 Å². The van der Waals surface area contributed by atoms with Crippen LogP contribution in [-0.2, 0) is 0 Å². The Kier molecular flexibility index (Phi) is 2.94. The highest BCUT2D eigenvalue weighted by atomic mass is 15.1. The number of likely N-dealkylation sites (tertiary alicyclic amines) is 1. The topological polar surface area (TPSA) is 3.24 Å². The summed E-state index contributed by atoms with van der Waals surface area (Å²) >= 11 is 0. The van der Waals surface area contributed by atoms with Gasteiger partial charge in [-0.3, -0.25) is 0 Å². The Morgan fingerprint density at radius 3 is 3.00 bits per heavy atom. The zero-order valence-corrected chi connectivity index (χ0v) is 6.84. The van der Waals surface area contributed by atoms with Crippen molar-refractivity contribution in [1.29, 1.82) is 0 Å². The van der Waals surface area contributed by atoms with Crippen molar-refractivity contribution in [2.45, 2.75) is 31.7 Å². The largest absolute Gasteiger partial charge is 0.303 e. The van der Waals surface area contributed by atoms with Gasteiger partial charge in [0.25, 0.3) is 0 Å². The van der Waals surface area contributed by atoms with Gasteiger partial charge in [-0.1, -0.05) is 12.5 Å². The van der Waals surface area contributed by atoms with E-state index in [1.54, 1.807) is 0 Å². The molecule has 10 heavy (non-hydrogen) atoms. The monoisotopic (exact) mass is 139 g/mol. The molecule has 1 unspecified atom stereocenters. The van der Waals surface area contributed by atoms with E-state index in [9.17, 15) is 0 Å². The van der Waals surface area contributed by atoms with Crippen LogP contribution in [-0.4, -0.2) is 24.5 Å². The quantitative estimate of drug-likeness (QED) is 0.529. The maximum atomic E-state index is 3.76. The van der Waals surface area contributed by atoms with Crippen molar-refractivity contribution in [2.24, 2.45) is 0 Å². The molecule has 1 heteroatoms. The molecule has 58 valence electrons. The van der Waals surface area contributed by atoms with E-state index < -0.39 is 0 Å². The second-order valence-corrected chi connectivity index (χ2v) is 3.15. The van der Waals surface area contributed by atoms with E-state index in [0.29, 0.717) is 0 Å². The summed E-state index contributed by atoms with van der Waals surface area (Å²) in [6.45, 7) is 5.04. The normalized spacial score (nSPS) is 28.3. The average Bonchev–Trinajstić information content (AvgIpc) is 1.94. The molecule has 0 saturated carbocycles. The van der Waals surface area contributed by atoms with Crippen molar-refractivity contribution in [1.82, 2.24) is 4.90 Å². The van der Waals surface area contributed by atoms with Crippen LogP contribution in [0.5, 0.6) is 0 Å². The van der Waals surface area contributed by atoms with Crippen LogP contribution in [0.2, 0.25) is 0 Å². The molecule has 1 saturated heterocycles. The summed E-state index contributed by atoms with van der Waals surface area (Å²) in [6.07, 6.45) is 7.35. The minimum absolute atomic E-state index is 0.784. The molecule has 1 aliphatic rings. The van der Waals surface area contributed by atoms with Gasteiger partial charge < -0.3 is 4.90 Å². The van der Waals surface area contributed by atoms with Crippen molar-refractivity contribution in [3.8, 4) is 0 Å². The lowest BCUT2D eigenvalue weighted by atomic mass is 10.0. The smallest absolute Gasteiger partial charge is 0.0127 e. The molecule has 1 heterocycles. The fraction of sp³-hybridized carbons (Fsp3) is 0.778. The first-order valence-electron chi connectivity index (χ1n) is 4.15. The number of piperidine rings is 1. The van der Waals surface area contributed by atoms with Crippen LogP contribution in [0.25, 0.3) is 0 Å². The first-order valence-corrected chi connectivity index (χ1v) is 4.15. The Labute approximate surface area is 63.7 Å². The predicted molar refractivity (Wildman–Crippen MR) is 45.1 cm³/mol. The Bertz CT molecular complexity index is 109. The van der Waals surface area contributed by atoms with Crippen molar-refractivity contribution in [2.75, 3.05) is 13.6 Å². The predicted octanol–water partition coefficient (Wildman–Crippen LogP) is 2.05. The molecule has 0 aliphatic carbocycles. The van der Waals surface area contributed by atoms with Gasteiger partial charge in [-0.05, 0) is 32.9 Å². The highest BCUT2D eigenvalue weighted by Gasteiger charge is 2.16. The van der Waals surface area contributed by atoms with E-state index in [4.69, 9.17) is 0 Å². The second-order valence-electron chi connectivity index (χ2n) is 3.15. The molecule has 0 bridgehead atoms. The van der Waals surface area contributed by atoms with Gasteiger partial charge in [-0.25, -0.2) is 0 Å². The van der Waals surface area contributed by atoms with Crippen LogP contribution < -0.4 is 0 Å². The second kappa shape index (κ2) is 3.77. The molecule has 0 radical (unpaired) electrons. The van der Waals surface area contributed by atoms with Crippen LogP contribution in [0.1, 0.15) is 25.7 Å². The zero-order valence-electron chi connectivity index (χ0n) is 6.84. The summed E-state index contributed by atoms with van der Waals surface area (Å²) in [4.78, 5) is 2.45. The van der Waals surface area contributed by atoms with Gasteiger partial charge in [0.2, 0.25) is 0 Å². The van der Waals surface area contributed by atoms with E-state index in [1.807, 2.05) is 6.08 Å². The molecule has 0 aromatic carbocycles. The van der Waals surface area contributed by atoms with Gasteiger partial charge in [0, 0.05) is 6.04 Å². The Morgan fingerprint density at radius 2 is 2.40 bits per heavy atom. The summed E-state index contributed by atoms with van der Waals surface area (Å²) in [5.74, 6) is 0. The fourth-order valence-electron chi connectivity index (χ4n) is 1.63. The highest BCUT2D eigenvalue weighted by Crippen LogP contribution is 2.17. The molecule has 0 aromatic rings. The third-order valence-corrected chi connectivity index (χ3v) is 2.36. The molecule has 1 aliphatic heterocycles. The molecule has 1 atom stereocenters. The van der Waals surface area contributed by atoms with Gasteiger partial charge in [-0.15, -0.1) is 6.58 Å². The van der Waals surface area contributed by atoms with E-state index in [-0.39, 0.29) is 0 Å². The molecule has 0 N–H and O–H groups in total. The van der Waals surface area contributed by atoms with Crippen LogP contribution in [0.4, 0.5) is 0 Å². The number of hydrogen-bond acceptors (Lipinski definition) is 1. The Balaban J connectivity index is 2.32. The third kappa shape index (κ3) is 1.84. The minimum atomic E-state index is 0.784. The molecule has 1 nitrogen and oxygen atoms in total. The van der Waals surface area contributed by atoms with E-state index >= 15 is 0 Å². The van der Waals surface area contributed by atoms with Gasteiger partial charge in [0.05, 0.1) is 0 Å². The van der Waals surface area contributed by atoms with Gasteiger partial charge >= 0.3 is 0 Å². The van der Waals surface area contributed by atoms with Gasteiger partial charge in [0.1, 0.15) is 0 Å². The van der Waals surface area contributed by atoms with Gasteiger partial charge in [0.15, 0.2) is 0 Å². The van der Waals surface area contributed by atoms with E-state index in [0.717, 1.165) is 12.5 Å². The molecular weight excluding hydrogens is 122 g/mol. The lowest BCUT2D eigenvalue weighted by molar-refractivity contribution is 0.187. The summed E-state index contributed by atoms with van der Waals surface area (Å²) in [7, 11) is 2.22. The van der Waals surface area contributed by atoms with Crippen molar-refractivity contribution < 1.29 is 0 Å². The van der Waals surface area contributed by atoms with Crippen molar-refractivity contribution in [3.63, 3.8) is 0 Å². The van der Waals surface area contributed by atoms with Crippen LogP contribution in [0, 0.1) is 0 Å². The lowest BCUT2D eigenvalue weighted by Crippen LogP contribution is -2.35. The molecule has 1 rings (SSSR count). The van der Waals surface area contributed by atoms with Gasteiger partial charge in [-0.2, -0.15) is 0 Å². The summed E-state index contributed by atoms with van der Waals surface area (Å²) in [5, 5.41) is 0. The van der Waals surface area contributed by atoms with Crippen LogP contribution >= 0.6 is 0 Å². The maximum absolute atomic E-state index is 3.76. The van der Waals surface area contributed by atoms with Crippen LogP contribution in [0.3, 0.4) is 0 Å². The summed E-state index contributed by atoms with van der Waals surface area (Å²) in [5.41, 5.74) is 0. The first kappa shape index (κ1) is 7.80. The number of nitrogens with zero attached hydrogens (tertiary/aromatic N) is 1. The minimum Gasteiger partial charge on any atom is -0.303 e. The van der Waals surface area contributed by atoms with Crippen molar-refractivity contribution in [3.05, 3.63) is 12.7 Å². The summed E-state index contributed by atoms with van der Waals surface area (Å²) < 4.78 is 0. The fourth-order valence-corrected chi connectivity index (χ4v) is 1.63. The number of rotatable bonds is 2. The van der Waals surface area contributed by atoms with Crippen molar-refractivity contribution >= 4 is 0 Å². The standard InChI is InChI=1S/C9H17N/c1-3-6-9-7-4-5-8-10(9)2/h3,9H,1,4-8H2,2H3.